The Balaban J connectivity index is 2.77. The normalized spacial score (nSPS) is 14.2. The van der Waals surface area contributed by atoms with E-state index in [2.05, 4.69) is 10.4 Å². The van der Waals surface area contributed by atoms with E-state index in [0.29, 0.717) is 6.54 Å². The molecule has 1 amide bonds. The van der Waals surface area contributed by atoms with E-state index in [0.717, 1.165) is 0 Å². The van der Waals surface area contributed by atoms with Crippen molar-refractivity contribution in [3.8, 4) is 0 Å². The van der Waals surface area contributed by atoms with Gasteiger partial charge in [-0.25, -0.2) is 4.68 Å². The van der Waals surface area contributed by atoms with Crippen molar-refractivity contribution in [1.82, 2.24) is 15.1 Å². The summed E-state index contributed by atoms with van der Waals surface area (Å²) < 4.78 is 1.22. The number of nitrogens with one attached hydrogen (secondary N) is 1. The number of aromatic nitrogens is 2. The highest BCUT2D eigenvalue weighted by atomic mass is 16.3. The number of hydrogen-bond donors (Lipinski definition) is 2. The number of nitrogens with zero attached hydrogens (tertiary/aromatic N) is 2. The van der Waals surface area contributed by atoms with Crippen LogP contribution in [0.25, 0.3) is 0 Å². The molecule has 2 N–H and O–H groups in total. The largest absolute Gasteiger partial charge is 0.388 e. The standard InChI is InChI=1S/C13H21N3O3/c1-5-16-11(17)7-6-10(15-16)12(18)14-8-13(4,19)9(2)3/h6-7,9,19H,5,8H2,1-4H3,(H,14,18). The zero-order valence-electron chi connectivity index (χ0n) is 11.8. The lowest BCUT2D eigenvalue weighted by atomic mass is 9.92. The summed E-state index contributed by atoms with van der Waals surface area (Å²) in [4.78, 5) is 23.3. The highest BCUT2D eigenvalue weighted by Gasteiger charge is 2.25. The molecule has 1 unspecified atom stereocenters. The average Bonchev–Trinajstić information content (AvgIpc) is 2.36. The Kier molecular flexibility index (Phi) is 4.83. The minimum atomic E-state index is -0.977. The summed E-state index contributed by atoms with van der Waals surface area (Å²) in [5.74, 6) is -0.381. The molecular formula is C13H21N3O3. The molecule has 0 radical (unpaired) electrons. The van der Waals surface area contributed by atoms with Crippen LogP contribution in [0, 0.1) is 5.92 Å². The van der Waals surface area contributed by atoms with E-state index in [1.54, 1.807) is 13.8 Å². The topological polar surface area (TPSA) is 84.2 Å². The molecule has 0 saturated heterocycles. The maximum Gasteiger partial charge on any atom is 0.271 e. The average molecular weight is 267 g/mol. The van der Waals surface area contributed by atoms with Crippen molar-refractivity contribution in [2.75, 3.05) is 6.54 Å². The fourth-order valence-corrected chi connectivity index (χ4v) is 1.35. The summed E-state index contributed by atoms with van der Waals surface area (Å²) in [5.41, 5.74) is -1.05. The van der Waals surface area contributed by atoms with Gasteiger partial charge in [-0.05, 0) is 25.8 Å². The first-order valence-electron chi connectivity index (χ1n) is 6.36. The van der Waals surface area contributed by atoms with Crippen molar-refractivity contribution >= 4 is 5.91 Å². The SMILES string of the molecule is CCn1nc(C(=O)NCC(C)(O)C(C)C)ccc1=O. The van der Waals surface area contributed by atoms with Crippen LogP contribution in [0.4, 0.5) is 0 Å². The monoisotopic (exact) mass is 267 g/mol. The van der Waals surface area contributed by atoms with Crippen LogP contribution in [-0.4, -0.2) is 32.9 Å². The quantitative estimate of drug-likeness (QED) is 0.808. The van der Waals surface area contributed by atoms with Crippen molar-refractivity contribution in [2.24, 2.45) is 5.92 Å². The number of aryl methyl sites for hydroxylation is 1. The first kappa shape index (κ1) is 15.4. The molecule has 0 aliphatic rings. The Hall–Kier alpha value is -1.69. The second-order valence-corrected chi connectivity index (χ2v) is 5.07. The Bertz CT molecular complexity index is 506. The van der Waals surface area contributed by atoms with Gasteiger partial charge in [0, 0.05) is 19.2 Å². The van der Waals surface area contributed by atoms with E-state index < -0.39 is 11.5 Å². The predicted molar refractivity (Wildman–Crippen MR) is 72.0 cm³/mol. The van der Waals surface area contributed by atoms with Crippen LogP contribution in [0.1, 0.15) is 38.2 Å². The Morgan fingerprint density at radius 2 is 2.16 bits per heavy atom. The molecule has 0 aliphatic heterocycles. The predicted octanol–water partition coefficient (Wildman–Crippen LogP) is 0.400. The van der Waals surface area contributed by atoms with Gasteiger partial charge in [0.15, 0.2) is 0 Å². The third kappa shape index (κ3) is 3.89. The number of amides is 1. The van der Waals surface area contributed by atoms with Crippen molar-refractivity contribution in [3.05, 3.63) is 28.2 Å². The minimum absolute atomic E-state index is 0.0188. The molecule has 1 heterocycles. The smallest absolute Gasteiger partial charge is 0.271 e. The fraction of sp³-hybridized carbons (Fsp3) is 0.615. The Morgan fingerprint density at radius 3 is 2.68 bits per heavy atom. The van der Waals surface area contributed by atoms with Gasteiger partial charge in [-0.2, -0.15) is 5.10 Å². The van der Waals surface area contributed by atoms with Crippen LogP contribution in [0.3, 0.4) is 0 Å². The molecule has 0 bridgehead atoms. The molecule has 1 rings (SSSR count). The minimum Gasteiger partial charge on any atom is -0.388 e. The van der Waals surface area contributed by atoms with Gasteiger partial charge >= 0.3 is 0 Å². The van der Waals surface area contributed by atoms with Crippen LogP contribution in [0.5, 0.6) is 0 Å². The second-order valence-electron chi connectivity index (χ2n) is 5.07. The van der Waals surface area contributed by atoms with E-state index in [1.807, 2.05) is 13.8 Å². The number of carbonyl (C=O) groups is 1. The van der Waals surface area contributed by atoms with Crippen molar-refractivity contribution in [1.29, 1.82) is 0 Å². The lowest BCUT2D eigenvalue weighted by Crippen LogP contribution is -2.44. The highest BCUT2D eigenvalue weighted by Crippen LogP contribution is 2.14. The molecule has 0 aliphatic carbocycles. The van der Waals surface area contributed by atoms with Gasteiger partial charge in [-0.15, -0.1) is 0 Å². The Labute approximate surface area is 112 Å². The maximum atomic E-state index is 11.9. The third-order valence-corrected chi connectivity index (χ3v) is 3.25. The second kappa shape index (κ2) is 5.97. The summed E-state index contributed by atoms with van der Waals surface area (Å²) in [6, 6.07) is 2.69. The molecule has 1 aromatic heterocycles. The number of aliphatic hydroxyl groups is 1. The number of rotatable bonds is 5. The van der Waals surface area contributed by atoms with Gasteiger partial charge in [0.25, 0.3) is 11.5 Å². The molecule has 0 fully saturated rings. The summed E-state index contributed by atoms with van der Waals surface area (Å²) in [5, 5.41) is 16.6. The van der Waals surface area contributed by atoms with Gasteiger partial charge in [0.1, 0.15) is 5.69 Å². The fourth-order valence-electron chi connectivity index (χ4n) is 1.35. The van der Waals surface area contributed by atoms with Gasteiger partial charge in [-0.3, -0.25) is 9.59 Å². The third-order valence-electron chi connectivity index (χ3n) is 3.25. The molecule has 1 aromatic rings. The maximum absolute atomic E-state index is 11.9. The number of carbonyl (C=O) groups excluding carboxylic acids is 1. The molecule has 0 spiro atoms. The lowest BCUT2D eigenvalue weighted by molar-refractivity contribution is 0.0141. The lowest BCUT2D eigenvalue weighted by Gasteiger charge is -2.27. The zero-order chi connectivity index (χ0) is 14.6. The van der Waals surface area contributed by atoms with E-state index >= 15 is 0 Å². The van der Waals surface area contributed by atoms with Crippen molar-refractivity contribution in [3.63, 3.8) is 0 Å². The molecule has 6 nitrogen and oxygen atoms in total. The van der Waals surface area contributed by atoms with Crippen LogP contribution in [0.15, 0.2) is 16.9 Å². The van der Waals surface area contributed by atoms with Gasteiger partial charge < -0.3 is 10.4 Å². The molecule has 0 saturated carbocycles. The zero-order valence-corrected chi connectivity index (χ0v) is 11.8. The molecule has 106 valence electrons. The first-order chi connectivity index (χ1) is 8.77. The van der Waals surface area contributed by atoms with Gasteiger partial charge in [0.2, 0.25) is 0 Å². The van der Waals surface area contributed by atoms with Gasteiger partial charge in [0.05, 0.1) is 5.60 Å². The van der Waals surface area contributed by atoms with Crippen LogP contribution in [0.2, 0.25) is 0 Å². The van der Waals surface area contributed by atoms with Crippen LogP contribution in [-0.2, 0) is 6.54 Å². The highest BCUT2D eigenvalue weighted by molar-refractivity contribution is 5.92. The van der Waals surface area contributed by atoms with Gasteiger partial charge in [-0.1, -0.05) is 13.8 Å². The van der Waals surface area contributed by atoms with E-state index in [9.17, 15) is 14.7 Å². The van der Waals surface area contributed by atoms with Crippen LogP contribution < -0.4 is 10.9 Å². The van der Waals surface area contributed by atoms with Crippen molar-refractivity contribution < 1.29 is 9.90 Å². The van der Waals surface area contributed by atoms with Crippen molar-refractivity contribution in [2.45, 2.75) is 39.8 Å². The first-order valence-corrected chi connectivity index (χ1v) is 6.36. The summed E-state index contributed by atoms with van der Waals surface area (Å²) in [7, 11) is 0. The summed E-state index contributed by atoms with van der Waals surface area (Å²) in [6.45, 7) is 7.74. The molecule has 1 atom stereocenters. The van der Waals surface area contributed by atoms with E-state index in [-0.39, 0.29) is 23.7 Å². The van der Waals surface area contributed by atoms with Crippen LogP contribution >= 0.6 is 0 Å². The number of hydrogen-bond acceptors (Lipinski definition) is 4. The molecule has 0 aromatic carbocycles. The summed E-state index contributed by atoms with van der Waals surface area (Å²) >= 11 is 0. The summed E-state index contributed by atoms with van der Waals surface area (Å²) in [6.07, 6.45) is 0. The van der Waals surface area contributed by atoms with E-state index in [4.69, 9.17) is 0 Å². The molecular weight excluding hydrogens is 246 g/mol. The Morgan fingerprint density at radius 1 is 1.53 bits per heavy atom. The molecule has 6 heteroatoms. The van der Waals surface area contributed by atoms with E-state index in [1.165, 1.54) is 16.8 Å². The molecule has 19 heavy (non-hydrogen) atoms.